The second-order valence-electron chi connectivity index (χ2n) is 10.4. The summed E-state index contributed by atoms with van der Waals surface area (Å²) in [4.78, 5) is 6.80. The van der Waals surface area contributed by atoms with E-state index >= 15 is 0 Å². The van der Waals surface area contributed by atoms with Crippen molar-refractivity contribution in [2.45, 2.75) is 37.3 Å². The lowest BCUT2D eigenvalue weighted by atomic mass is 9.73. The predicted molar refractivity (Wildman–Crippen MR) is 149 cm³/mol. The van der Waals surface area contributed by atoms with Crippen LogP contribution >= 0.6 is 12.2 Å². The number of aromatic nitrogens is 1. The quantitative estimate of drug-likeness (QED) is 0.179. The largest absolute Gasteiger partial charge is 0.497 e. The molecule has 218 valence electrons. The second kappa shape index (κ2) is 11.1. The predicted octanol–water partition coefficient (Wildman–Crippen LogP) is 7.21. The number of ether oxygens (including phenoxy) is 1. The fraction of sp³-hybridized carbons (Fsp3) is 0.379. The summed E-state index contributed by atoms with van der Waals surface area (Å²) in [6, 6.07) is 8.15. The van der Waals surface area contributed by atoms with E-state index in [-0.39, 0.29) is 17.2 Å². The Morgan fingerprint density at radius 1 is 1.10 bits per heavy atom. The summed E-state index contributed by atoms with van der Waals surface area (Å²) in [6.07, 6.45) is -4.48. The molecule has 3 aliphatic rings. The Bertz CT molecular complexity index is 1430. The smallest absolute Gasteiger partial charge is 0.416 e. The minimum absolute atomic E-state index is 0.0475. The van der Waals surface area contributed by atoms with Gasteiger partial charge < -0.3 is 15.4 Å². The molecule has 5 nitrogen and oxygen atoms in total. The number of hydrogen-bond donors (Lipinski definition) is 2. The van der Waals surface area contributed by atoms with E-state index in [4.69, 9.17) is 17.0 Å². The van der Waals surface area contributed by atoms with Crippen molar-refractivity contribution in [3.63, 3.8) is 0 Å². The Morgan fingerprint density at radius 2 is 1.80 bits per heavy atom. The van der Waals surface area contributed by atoms with Gasteiger partial charge in [0.05, 0.1) is 29.8 Å². The van der Waals surface area contributed by atoms with Gasteiger partial charge in [-0.3, -0.25) is 9.88 Å². The van der Waals surface area contributed by atoms with Gasteiger partial charge in [0.1, 0.15) is 5.75 Å². The summed E-state index contributed by atoms with van der Waals surface area (Å²) in [7, 11) is 1.55. The third-order valence-electron chi connectivity index (χ3n) is 7.99. The van der Waals surface area contributed by atoms with E-state index in [0.29, 0.717) is 35.2 Å². The minimum atomic E-state index is -4.97. The number of hydrogen-bond acceptors (Lipinski definition) is 4. The SMILES string of the molecule is C=C[C@@H]1CN2CC[C@@H]1C[C@@H]2[C@H](NC(=S)Nc1cc(C(F)(F)F)cc(C(F)(F)F)c1)c1ccnc2ccc(OC)cc12. The van der Waals surface area contributed by atoms with Crippen LogP contribution in [0.5, 0.6) is 5.75 Å². The molecule has 0 amide bonds. The van der Waals surface area contributed by atoms with Gasteiger partial charge in [0.2, 0.25) is 0 Å². The zero-order valence-electron chi connectivity index (χ0n) is 22.0. The Balaban J connectivity index is 1.51. The Kier molecular flexibility index (Phi) is 7.90. The van der Waals surface area contributed by atoms with Crippen LogP contribution in [0.1, 0.15) is 35.6 Å². The van der Waals surface area contributed by atoms with E-state index in [1.165, 1.54) is 0 Å². The molecule has 2 aromatic carbocycles. The Morgan fingerprint density at radius 3 is 2.39 bits per heavy atom. The molecule has 0 saturated carbocycles. The first kappa shape index (κ1) is 29.1. The van der Waals surface area contributed by atoms with Crippen molar-refractivity contribution in [2.24, 2.45) is 11.8 Å². The van der Waals surface area contributed by atoms with Crippen LogP contribution in [0.25, 0.3) is 10.9 Å². The fourth-order valence-corrected chi connectivity index (χ4v) is 6.23. The summed E-state index contributed by atoms with van der Waals surface area (Å²) in [5.74, 6) is 1.35. The van der Waals surface area contributed by atoms with Gasteiger partial charge in [-0.05, 0) is 91.5 Å². The Hall–Kier alpha value is -3.38. The topological polar surface area (TPSA) is 49.4 Å². The fourth-order valence-electron chi connectivity index (χ4n) is 5.99. The number of thiocarbonyl (C=S) groups is 1. The lowest BCUT2D eigenvalue weighted by Crippen LogP contribution is -2.57. The molecule has 0 radical (unpaired) electrons. The molecule has 4 heterocycles. The molecule has 0 spiro atoms. The maximum absolute atomic E-state index is 13.4. The highest BCUT2D eigenvalue weighted by Crippen LogP contribution is 2.43. The van der Waals surface area contributed by atoms with Crippen LogP contribution in [-0.4, -0.2) is 41.2 Å². The van der Waals surface area contributed by atoms with E-state index in [1.54, 1.807) is 19.4 Å². The molecule has 3 saturated heterocycles. The third kappa shape index (κ3) is 6.13. The first-order valence-corrected chi connectivity index (χ1v) is 13.4. The number of nitrogens with zero attached hydrogens (tertiary/aromatic N) is 2. The number of benzene rings is 2. The van der Waals surface area contributed by atoms with Crippen LogP contribution in [0.4, 0.5) is 32.0 Å². The zero-order chi connectivity index (χ0) is 29.5. The van der Waals surface area contributed by atoms with Crippen molar-refractivity contribution < 1.29 is 31.1 Å². The van der Waals surface area contributed by atoms with Crippen molar-refractivity contribution in [2.75, 3.05) is 25.5 Å². The number of halogens is 6. The number of alkyl halides is 6. The highest BCUT2D eigenvalue weighted by Gasteiger charge is 2.43. The van der Waals surface area contributed by atoms with Crippen molar-refractivity contribution in [1.82, 2.24) is 15.2 Å². The lowest BCUT2D eigenvalue weighted by molar-refractivity contribution is -0.143. The molecule has 12 heteroatoms. The van der Waals surface area contributed by atoms with Gasteiger partial charge in [-0.15, -0.1) is 6.58 Å². The third-order valence-corrected chi connectivity index (χ3v) is 8.21. The van der Waals surface area contributed by atoms with Crippen LogP contribution in [0.15, 0.2) is 61.3 Å². The van der Waals surface area contributed by atoms with Gasteiger partial charge in [-0.25, -0.2) is 0 Å². The van der Waals surface area contributed by atoms with Crippen molar-refractivity contribution in [3.8, 4) is 5.75 Å². The lowest BCUT2D eigenvalue weighted by Gasteiger charge is -2.52. The van der Waals surface area contributed by atoms with E-state index in [9.17, 15) is 26.3 Å². The minimum Gasteiger partial charge on any atom is -0.497 e. The number of pyridine rings is 1. The van der Waals surface area contributed by atoms with Gasteiger partial charge in [0.25, 0.3) is 0 Å². The summed E-state index contributed by atoms with van der Waals surface area (Å²) in [5.41, 5.74) is -1.71. The molecule has 3 fully saturated rings. The van der Waals surface area contributed by atoms with Gasteiger partial charge in [0, 0.05) is 29.9 Å². The Labute approximate surface area is 238 Å². The number of methoxy groups -OCH3 is 1. The summed E-state index contributed by atoms with van der Waals surface area (Å²) in [6.45, 7) is 5.63. The van der Waals surface area contributed by atoms with Crippen molar-refractivity contribution in [3.05, 3.63) is 78.0 Å². The first-order chi connectivity index (χ1) is 19.4. The van der Waals surface area contributed by atoms with E-state index in [1.807, 2.05) is 24.3 Å². The number of piperidine rings is 3. The van der Waals surface area contributed by atoms with E-state index in [0.717, 1.165) is 36.9 Å². The summed E-state index contributed by atoms with van der Waals surface area (Å²) < 4.78 is 86.0. The average Bonchev–Trinajstić information content (AvgIpc) is 2.94. The average molecular weight is 595 g/mol. The van der Waals surface area contributed by atoms with Gasteiger partial charge in [-0.1, -0.05) is 6.08 Å². The highest BCUT2D eigenvalue weighted by molar-refractivity contribution is 7.80. The maximum Gasteiger partial charge on any atom is 0.416 e. The molecule has 41 heavy (non-hydrogen) atoms. The molecule has 6 rings (SSSR count). The van der Waals surface area contributed by atoms with Crippen LogP contribution in [-0.2, 0) is 12.4 Å². The highest BCUT2D eigenvalue weighted by atomic mass is 32.1. The van der Waals surface area contributed by atoms with Crippen molar-refractivity contribution in [1.29, 1.82) is 0 Å². The number of rotatable bonds is 6. The molecule has 3 aliphatic heterocycles. The molecular weight excluding hydrogens is 566 g/mol. The molecule has 2 bridgehead atoms. The number of anilines is 1. The van der Waals surface area contributed by atoms with Gasteiger partial charge in [0.15, 0.2) is 5.11 Å². The monoisotopic (exact) mass is 594 g/mol. The second-order valence-corrected chi connectivity index (χ2v) is 10.8. The van der Waals surface area contributed by atoms with Crippen molar-refractivity contribution >= 4 is 33.9 Å². The standard InChI is InChI=1S/C29H28F6N4OS/c1-3-16-15-39-9-7-17(16)10-25(39)26(22-6-8-36-24-5-4-21(40-2)14-23(22)24)38-27(41)37-20-12-18(28(30,31)32)11-19(13-20)29(33,34)35/h3-6,8,11-14,16-17,25-26H,1,7,9-10,15H2,2H3,(H2,37,38,41)/t16-,17-,25-,26-/m1/s1. The zero-order valence-corrected chi connectivity index (χ0v) is 22.8. The first-order valence-electron chi connectivity index (χ1n) is 13.0. The molecule has 1 unspecified atom stereocenters. The summed E-state index contributed by atoms with van der Waals surface area (Å²) in [5, 5.41) is 6.52. The van der Waals surface area contributed by atoms with Crippen LogP contribution in [0.3, 0.4) is 0 Å². The van der Waals surface area contributed by atoms with E-state index in [2.05, 4.69) is 27.1 Å². The molecular formula is C29H28F6N4OS. The molecule has 5 atom stereocenters. The van der Waals surface area contributed by atoms with Crippen LogP contribution in [0, 0.1) is 11.8 Å². The molecule has 3 aromatic rings. The molecule has 0 aliphatic carbocycles. The van der Waals surface area contributed by atoms with E-state index < -0.39 is 35.2 Å². The number of fused-ring (bicyclic) bond motifs is 4. The maximum atomic E-state index is 13.4. The normalized spacial score (nSPS) is 23.2. The number of nitrogens with one attached hydrogen (secondary N) is 2. The van der Waals surface area contributed by atoms with Gasteiger partial charge >= 0.3 is 12.4 Å². The molecule has 1 aromatic heterocycles. The van der Waals surface area contributed by atoms with Gasteiger partial charge in [-0.2, -0.15) is 26.3 Å². The molecule has 2 N–H and O–H groups in total. The summed E-state index contributed by atoms with van der Waals surface area (Å²) >= 11 is 5.50. The van der Waals surface area contributed by atoms with Crippen LogP contribution < -0.4 is 15.4 Å². The van der Waals surface area contributed by atoms with Crippen LogP contribution in [0.2, 0.25) is 0 Å².